The Bertz CT molecular complexity index is 431. The molecule has 0 saturated carbocycles. The number of hydrogen-bond acceptors (Lipinski definition) is 7. The van der Waals surface area contributed by atoms with Crippen molar-refractivity contribution in [3.05, 3.63) is 11.1 Å². The molecule has 1 aromatic rings. The van der Waals surface area contributed by atoms with Crippen molar-refractivity contribution < 1.29 is 19.5 Å². The number of anilines is 1. The number of thiazole rings is 1. The summed E-state index contributed by atoms with van der Waals surface area (Å²) in [5, 5.41) is 13.5. The van der Waals surface area contributed by atoms with Crippen LogP contribution in [0.15, 0.2) is 10.5 Å². The van der Waals surface area contributed by atoms with Gasteiger partial charge in [-0.3, -0.25) is 0 Å². The highest BCUT2D eigenvalue weighted by atomic mass is 35.5. The van der Waals surface area contributed by atoms with E-state index in [2.05, 4.69) is 15.0 Å². The highest BCUT2D eigenvalue weighted by Gasteiger charge is 2.17. The van der Waals surface area contributed by atoms with Gasteiger partial charge in [-0.1, -0.05) is 5.16 Å². The molecule has 88 valence electrons. The summed E-state index contributed by atoms with van der Waals surface area (Å²) in [4.78, 5) is 29.1. The van der Waals surface area contributed by atoms with Crippen molar-refractivity contribution in [3.63, 3.8) is 0 Å². The highest BCUT2D eigenvalue weighted by Crippen LogP contribution is 2.12. The van der Waals surface area contributed by atoms with Gasteiger partial charge in [0.1, 0.15) is 5.69 Å². The third-order valence-corrected chi connectivity index (χ3v) is 1.91. The zero-order valence-electron chi connectivity index (χ0n) is 8.04. The maximum atomic E-state index is 10.7. The van der Waals surface area contributed by atoms with E-state index < -0.39 is 17.7 Å². The topological polar surface area (TPSA) is 115 Å². The van der Waals surface area contributed by atoms with E-state index in [4.69, 9.17) is 10.8 Å². The summed E-state index contributed by atoms with van der Waals surface area (Å²) in [6, 6.07) is 0. The molecule has 0 aliphatic carbocycles. The van der Waals surface area contributed by atoms with Crippen molar-refractivity contribution in [2.45, 2.75) is 6.92 Å². The van der Waals surface area contributed by atoms with Crippen LogP contribution in [0.25, 0.3) is 0 Å². The Morgan fingerprint density at radius 3 is 2.62 bits per heavy atom. The van der Waals surface area contributed by atoms with Crippen LogP contribution in [-0.2, 0) is 14.4 Å². The molecule has 0 unspecified atom stereocenters. The van der Waals surface area contributed by atoms with Crippen molar-refractivity contribution >= 4 is 46.5 Å². The van der Waals surface area contributed by atoms with E-state index in [1.54, 1.807) is 0 Å². The average molecular weight is 266 g/mol. The number of carboxylic acid groups (broad SMARTS) is 1. The van der Waals surface area contributed by atoms with Gasteiger partial charge in [-0.15, -0.1) is 23.7 Å². The third-order valence-electron chi connectivity index (χ3n) is 1.23. The molecular weight excluding hydrogens is 258 g/mol. The molecule has 1 heterocycles. The van der Waals surface area contributed by atoms with Crippen LogP contribution in [0.3, 0.4) is 0 Å². The van der Waals surface area contributed by atoms with Crippen LogP contribution >= 0.6 is 23.7 Å². The van der Waals surface area contributed by atoms with E-state index >= 15 is 0 Å². The molecule has 0 radical (unpaired) electrons. The number of carbonyl (C=O) groups excluding carboxylic acids is 1. The number of hydrogen-bond donors (Lipinski definition) is 2. The van der Waals surface area contributed by atoms with Crippen molar-refractivity contribution in [2.24, 2.45) is 5.16 Å². The zero-order chi connectivity index (χ0) is 11.4. The molecule has 16 heavy (non-hydrogen) atoms. The molecule has 0 fully saturated rings. The van der Waals surface area contributed by atoms with E-state index in [1.165, 1.54) is 5.38 Å². The average Bonchev–Trinajstić information content (AvgIpc) is 2.51. The number of oxime groups is 1. The second kappa shape index (κ2) is 6.03. The number of halogens is 1. The van der Waals surface area contributed by atoms with Gasteiger partial charge < -0.3 is 15.7 Å². The first kappa shape index (κ1) is 14.3. The first-order valence-electron chi connectivity index (χ1n) is 3.71. The second-order valence-corrected chi connectivity index (χ2v) is 3.29. The van der Waals surface area contributed by atoms with Crippen LogP contribution in [0.2, 0.25) is 0 Å². The maximum Gasteiger partial charge on any atom is 0.360 e. The smallest absolute Gasteiger partial charge is 0.360 e. The zero-order valence-corrected chi connectivity index (χ0v) is 9.67. The van der Waals surface area contributed by atoms with E-state index in [-0.39, 0.29) is 23.2 Å². The fourth-order valence-electron chi connectivity index (χ4n) is 0.702. The lowest BCUT2D eigenvalue weighted by Crippen LogP contribution is -2.16. The molecule has 0 saturated heterocycles. The van der Waals surface area contributed by atoms with Gasteiger partial charge in [-0.2, -0.15) is 0 Å². The van der Waals surface area contributed by atoms with Crippen molar-refractivity contribution in [1.82, 2.24) is 4.98 Å². The van der Waals surface area contributed by atoms with Crippen molar-refractivity contribution in [3.8, 4) is 0 Å². The standard InChI is InChI=1S/C7H7N3O4S.ClH/c1-3(11)14-10-5(6(12)13)4-2-15-7(8)9-4;/h2H,1H3,(H2,8,9)(H,12,13);1H. The lowest BCUT2D eigenvalue weighted by Gasteiger charge is -1.95. The number of rotatable bonds is 3. The maximum absolute atomic E-state index is 10.7. The summed E-state index contributed by atoms with van der Waals surface area (Å²) in [6.07, 6.45) is 0. The minimum atomic E-state index is -1.35. The van der Waals surface area contributed by atoms with Gasteiger partial charge in [0.25, 0.3) is 0 Å². The van der Waals surface area contributed by atoms with Crippen LogP contribution in [0.4, 0.5) is 5.13 Å². The first-order valence-corrected chi connectivity index (χ1v) is 4.59. The summed E-state index contributed by atoms with van der Waals surface area (Å²) >= 11 is 1.07. The first-order chi connectivity index (χ1) is 7.00. The Hall–Kier alpha value is -1.67. The van der Waals surface area contributed by atoms with Crippen LogP contribution < -0.4 is 5.73 Å². The molecule has 7 nitrogen and oxygen atoms in total. The lowest BCUT2D eigenvalue weighted by atomic mass is 10.3. The molecule has 0 amide bonds. The van der Waals surface area contributed by atoms with Crippen LogP contribution in [0, 0.1) is 0 Å². The van der Waals surface area contributed by atoms with Crippen molar-refractivity contribution in [1.29, 1.82) is 0 Å². The van der Waals surface area contributed by atoms with Gasteiger partial charge >= 0.3 is 11.9 Å². The molecule has 0 atom stereocenters. The molecule has 0 aliphatic heterocycles. The van der Waals surface area contributed by atoms with E-state index in [0.29, 0.717) is 0 Å². The minimum Gasteiger partial charge on any atom is -0.476 e. The SMILES string of the molecule is CC(=O)ON=C(C(=O)O)c1csc(N)n1.Cl. The monoisotopic (exact) mass is 265 g/mol. The third kappa shape index (κ3) is 3.83. The van der Waals surface area contributed by atoms with Crippen LogP contribution in [-0.4, -0.2) is 27.7 Å². The van der Waals surface area contributed by atoms with Crippen molar-refractivity contribution in [2.75, 3.05) is 5.73 Å². The Morgan fingerprint density at radius 2 is 2.25 bits per heavy atom. The van der Waals surface area contributed by atoms with Gasteiger partial charge in [-0.05, 0) is 0 Å². The number of nitrogen functional groups attached to an aromatic ring is 1. The Kier molecular flexibility index (Phi) is 5.40. The van der Waals surface area contributed by atoms with Gasteiger partial charge in [0.2, 0.25) is 5.71 Å². The summed E-state index contributed by atoms with van der Waals surface area (Å²) < 4.78 is 0. The predicted octanol–water partition coefficient (Wildman–Crippen LogP) is 0.499. The predicted molar refractivity (Wildman–Crippen MR) is 59.7 cm³/mol. The molecule has 0 aromatic carbocycles. The summed E-state index contributed by atoms with van der Waals surface area (Å²) in [5.74, 6) is -2.06. The van der Waals surface area contributed by atoms with Gasteiger partial charge in [0, 0.05) is 12.3 Å². The summed E-state index contributed by atoms with van der Waals surface area (Å²) in [7, 11) is 0. The fourth-order valence-corrected chi connectivity index (χ4v) is 1.25. The molecule has 1 aromatic heterocycles. The molecule has 1 rings (SSSR count). The van der Waals surface area contributed by atoms with Gasteiger partial charge in [0.05, 0.1) is 0 Å². The largest absolute Gasteiger partial charge is 0.476 e. The lowest BCUT2D eigenvalue weighted by molar-refractivity contribution is -0.141. The Balaban J connectivity index is 0.00000225. The fraction of sp³-hybridized carbons (Fsp3) is 0.143. The number of aromatic nitrogens is 1. The molecule has 0 aliphatic rings. The number of carboxylic acids is 1. The minimum absolute atomic E-state index is 0. The summed E-state index contributed by atoms with van der Waals surface area (Å²) in [6.45, 7) is 1.11. The Morgan fingerprint density at radius 1 is 1.62 bits per heavy atom. The number of nitrogens with two attached hydrogens (primary N) is 1. The van der Waals surface area contributed by atoms with Crippen LogP contribution in [0.1, 0.15) is 12.6 Å². The Labute approximate surface area is 100 Å². The highest BCUT2D eigenvalue weighted by molar-refractivity contribution is 7.13. The molecular formula is C7H8ClN3O4S. The number of nitrogens with zero attached hydrogens (tertiary/aromatic N) is 2. The quantitative estimate of drug-likeness (QED) is 0.467. The summed E-state index contributed by atoms with van der Waals surface area (Å²) in [5.41, 5.74) is 4.93. The van der Waals surface area contributed by atoms with Gasteiger partial charge in [-0.25, -0.2) is 14.6 Å². The number of aliphatic carboxylic acids is 1. The van der Waals surface area contributed by atoms with E-state index in [1.807, 2.05) is 0 Å². The second-order valence-electron chi connectivity index (χ2n) is 2.40. The van der Waals surface area contributed by atoms with E-state index in [9.17, 15) is 9.59 Å². The normalized spacial score (nSPS) is 10.4. The molecule has 0 bridgehead atoms. The molecule has 9 heteroatoms. The van der Waals surface area contributed by atoms with Crippen LogP contribution in [0.5, 0.6) is 0 Å². The molecule has 3 N–H and O–H groups in total. The number of carbonyl (C=O) groups is 2. The van der Waals surface area contributed by atoms with Gasteiger partial charge in [0.15, 0.2) is 5.13 Å². The molecule has 0 spiro atoms. The van der Waals surface area contributed by atoms with E-state index in [0.717, 1.165) is 18.3 Å².